The summed E-state index contributed by atoms with van der Waals surface area (Å²) in [6.45, 7) is 9.35. The number of rotatable bonds is 12. The minimum absolute atomic E-state index is 0. The Hall–Kier alpha value is -0.850. The van der Waals surface area contributed by atoms with Gasteiger partial charge in [-0.15, -0.1) is 0 Å². The van der Waals surface area contributed by atoms with E-state index in [0.29, 0.717) is 23.7 Å². The summed E-state index contributed by atoms with van der Waals surface area (Å²) in [5.41, 5.74) is 6.87. The van der Waals surface area contributed by atoms with Crippen LogP contribution >= 0.6 is 13.5 Å². The van der Waals surface area contributed by atoms with Crippen LogP contribution in [0.1, 0.15) is 207 Å². The van der Waals surface area contributed by atoms with Gasteiger partial charge < -0.3 is 20.4 Å². The van der Waals surface area contributed by atoms with E-state index in [1.165, 1.54) is 152 Å². The number of aliphatic hydroxyl groups excluding tert-OH is 4. The van der Waals surface area contributed by atoms with E-state index < -0.39 is 0 Å². The van der Waals surface area contributed by atoms with E-state index in [2.05, 4.69) is 52.0 Å². The maximum Gasteiger partial charge on any atom is 0.0602 e. The SMILES string of the molecule is CC(C)CCCC[C@@H]1CC[C@]2(CCC/C(=C\C=C3C[C@@H](O)C[C@H](O)C3)C2)C1.CC(C)CCCC[C@H]1CC[C@]2(CCC/C(=C\C=C3C[C@@H](O)C[C@H](O)C3)C2)C1.S. The third-order valence-electron chi connectivity index (χ3n) is 14.7. The Morgan fingerprint density at radius 2 is 0.891 bits per heavy atom. The molecule has 0 aromatic rings. The number of allylic oxidation sites excluding steroid dienone is 6. The smallest absolute Gasteiger partial charge is 0.0602 e. The molecule has 0 bridgehead atoms. The third kappa shape index (κ3) is 16.0. The van der Waals surface area contributed by atoms with E-state index in [9.17, 15) is 20.4 Å². The van der Waals surface area contributed by atoms with Crippen LogP contribution in [0.5, 0.6) is 0 Å². The van der Waals surface area contributed by atoms with Crippen molar-refractivity contribution in [2.75, 3.05) is 0 Å². The normalized spacial score (nSPS) is 35.5. The Morgan fingerprint density at radius 3 is 1.25 bits per heavy atom. The van der Waals surface area contributed by atoms with Crippen molar-refractivity contribution in [1.29, 1.82) is 0 Å². The van der Waals surface area contributed by atoms with Gasteiger partial charge in [0.1, 0.15) is 0 Å². The Bertz CT molecular complexity index is 1140. The summed E-state index contributed by atoms with van der Waals surface area (Å²) in [5, 5.41) is 39.5. The zero-order valence-corrected chi connectivity index (χ0v) is 37.0. The standard InChI is InChI=1S/2C25H42O2.H2S/c2*1-19(2)6-3-4-7-21-11-13-25(18-21)12-5-8-20(17-25)9-10-22-14-23(26)16-24(27)15-22;/h2*9-10,19,21,23-24,26-27H,3-8,11-18H2,1-2H3;1H2/b2*20-9+;/t21-,23+,24+,25-;21-,23-,24-,25+;/m01./s1. The molecule has 6 aliphatic rings. The van der Waals surface area contributed by atoms with Crippen molar-refractivity contribution in [3.05, 3.63) is 46.6 Å². The Balaban J connectivity index is 0.000000240. The first kappa shape index (κ1) is 46.8. The van der Waals surface area contributed by atoms with Crippen LogP contribution in [0.15, 0.2) is 46.6 Å². The molecule has 0 aliphatic heterocycles. The molecular weight excluding hydrogens is 697 g/mol. The monoisotopic (exact) mass is 783 g/mol. The molecule has 0 unspecified atom stereocenters. The molecular formula is C50H86O4S. The number of aliphatic hydroxyl groups is 4. The maximum absolute atomic E-state index is 9.88. The van der Waals surface area contributed by atoms with Crippen LogP contribution in [0.2, 0.25) is 0 Å². The first-order valence-corrected chi connectivity index (χ1v) is 23.4. The van der Waals surface area contributed by atoms with E-state index in [4.69, 9.17) is 0 Å². The largest absolute Gasteiger partial charge is 0.393 e. The number of unbranched alkanes of at least 4 members (excludes halogenated alkanes) is 2. The summed E-state index contributed by atoms with van der Waals surface area (Å²) in [6, 6.07) is 0. The van der Waals surface area contributed by atoms with Crippen LogP contribution in [0.25, 0.3) is 0 Å². The molecule has 6 fully saturated rings. The van der Waals surface area contributed by atoms with Gasteiger partial charge in [0.15, 0.2) is 0 Å². The van der Waals surface area contributed by atoms with Crippen molar-refractivity contribution in [2.24, 2.45) is 34.5 Å². The van der Waals surface area contributed by atoms with Gasteiger partial charge in [-0.1, -0.05) is 126 Å². The summed E-state index contributed by atoms with van der Waals surface area (Å²) < 4.78 is 0. The molecule has 0 amide bonds. The highest BCUT2D eigenvalue weighted by Crippen LogP contribution is 2.55. The van der Waals surface area contributed by atoms with Crippen LogP contribution in [0, 0.1) is 34.5 Å². The van der Waals surface area contributed by atoms with Crippen molar-refractivity contribution < 1.29 is 20.4 Å². The number of hydrogen-bond acceptors (Lipinski definition) is 4. The molecule has 8 atom stereocenters. The van der Waals surface area contributed by atoms with E-state index in [1.807, 2.05) is 0 Å². The molecule has 4 N–H and O–H groups in total. The van der Waals surface area contributed by atoms with Crippen molar-refractivity contribution in [3.63, 3.8) is 0 Å². The summed E-state index contributed by atoms with van der Waals surface area (Å²) in [4.78, 5) is 0. The van der Waals surface area contributed by atoms with Gasteiger partial charge in [0.05, 0.1) is 24.4 Å². The fourth-order valence-corrected chi connectivity index (χ4v) is 12.0. The van der Waals surface area contributed by atoms with Gasteiger partial charge in [0.25, 0.3) is 0 Å². The van der Waals surface area contributed by atoms with E-state index >= 15 is 0 Å². The highest BCUT2D eigenvalue weighted by molar-refractivity contribution is 7.59. The molecule has 6 saturated carbocycles. The van der Waals surface area contributed by atoms with E-state index in [-0.39, 0.29) is 37.9 Å². The molecule has 0 radical (unpaired) electrons. The second kappa shape index (κ2) is 23.1. The molecule has 0 saturated heterocycles. The second-order valence-electron chi connectivity index (χ2n) is 20.8. The van der Waals surface area contributed by atoms with Crippen molar-refractivity contribution in [2.45, 2.75) is 232 Å². The van der Waals surface area contributed by atoms with Crippen molar-refractivity contribution in [1.82, 2.24) is 0 Å². The first-order valence-electron chi connectivity index (χ1n) is 23.4. The van der Waals surface area contributed by atoms with Gasteiger partial charge >= 0.3 is 0 Å². The van der Waals surface area contributed by atoms with Crippen LogP contribution in [0.4, 0.5) is 0 Å². The van der Waals surface area contributed by atoms with Gasteiger partial charge in [0.2, 0.25) is 0 Å². The molecule has 0 aromatic heterocycles. The topological polar surface area (TPSA) is 80.9 Å². The predicted octanol–water partition coefficient (Wildman–Crippen LogP) is 12.8. The summed E-state index contributed by atoms with van der Waals surface area (Å²) in [6.07, 6.45) is 42.4. The zero-order valence-electron chi connectivity index (χ0n) is 36.0. The van der Waals surface area contributed by atoms with Gasteiger partial charge in [-0.3, -0.25) is 0 Å². The zero-order chi connectivity index (χ0) is 38.6. The Morgan fingerprint density at radius 1 is 0.527 bits per heavy atom. The summed E-state index contributed by atoms with van der Waals surface area (Å²) in [7, 11) is 0. The van der Waals surface area contributed by atoms with Crippen LogP contribution in [-0.4, -0.2) is 44.8 Å². The summed E-state index contributed by atoms with van der Waals surface area (Å²) in [5.74, 6) is 3.65. The van der Waals surface area contributed by atoms with Crippen molar-refractivity contribution >= 4 is 13.5 Å². The molecule has 0 heterocycles. The molecule has 55 heavy (non-hydrogen) atoms. The minimum Gasteiger partial charge on any atom is -0.393 e. The van der Waals surface area contributed by atoms with Gasteiger partial charge in [-0.2, -0.15) is 13.5 Å². The Kier molecular flexibility index (Phi) is 19.6. The van der Waals surface area contributed by atoms with Gasteiger partial charge in [-0.25, -0.2) is 0 Å². The van der Waals surface area contributed by atoms with Gasteiger partial charge in [-0.05, 0) is 163 Å². The molecule has 0 aromatic carbocycles. The molecule has 2 spiro atoms. The molecule has 6 aliphatic carbocycles. The third-order valence-corrected chi connectivity index (χ3v) is 14.7. The van der Waals surface area contributed by atoms with Crippen molar-refractivity contribution in [3.8, 4) is 0 Å². The molecule has 5 heteroatoms. The quantitative estimate of drug-likeness (QED) is 0.149. The average Bonchev–Trinajstić information content (AvgIpc) is 3.69. The molecule has 6 rings (SSSR count). The predicted molar refractivity (Wildman–Crippen MR) is 238 cm³/mol. The summed E-state index contributed by atoms with van der Waals surface area (Å²) >= 11 is 0. The minimum atomic E-state index is -0.359. The molecule has 4 nitrogen and oxygen atoms in total. The van der Waals surface area contributed by atoms with Crippen LogP contribution in [-0.2, 0) is 0 Å². The van der Waals surface area contributed by atoms with Crippen LogP contribution in [0.3, 0.4) is 0 Å². The maximum atomic E-state index is 9.88. The highest BCUT2D eigenvalue weighted by atomic mass is 32.1. The lowest BCUT2D eigenvalue weighted by Gasteiger charge is -2.35. The lowest BCUT2D eigenvalue weighted by Crippen LogP contribution is -2.24. The van der Waals surface area contributed by atoms with E-state index in [1.54, 1.807) is 11.1 Å². The van der Waals surface area contributed by atoms with E-state index in [0.717, 1.165) is 49.4 Å². The average molecular weight is 783 g/mol. The van der Waals surface area contributed by atoms with Crippen LogP contribution < -0.4 is 0 Å². The second-order valence-corrected chi connectivity index (χ2v) is 20.8. The lowest BCUT2D eigenvalue weighted by atomic mass is 9.70. The highest BCUT2D eigenvalue weighted by Gasteiger charge is 2.41. The fourth-order valence-electron chi connectivity index (χ4n) is 12.0. The Labute approximate surface area is 345 Å². The fraction of sp³-hybridized carbons (Fsp3) is 0.840. The number of hydrogen-bond donors (Lipinski definition) is 4. The van der Waals surface area contributed by atoms with Gasteiger partial charge in [0, 0.05) is 0 Å². The molecule has 316 valence electrons. The first-order chi connectivity index (χ1) is 25.9. The lowest BCUT2D eigenvalue weighted by molar-refractivity contribution is 0.0602.